The lowest BCUT2D eigenvalue weighted by Crippen LogP contribution is -2.46. The number of anilines is 1. The van der Waals surface area contributed by atoms with Gasteiger partial charge < -0.3 is 43.6 Å². The molecule has 1 saturated heterocycles. The number of Topliss-reactive ketones (excluding diaryl/α,β-unsaturated/α-hetero) is 1. The number of ether oxygens (including phenoxy) is 5. The number of aliphatic hydroxyl groups is 1. The highest BCUT2D eigenvalue weighted by Crippen LogP contribution is 2.50. The molecule has 58 heavy (non-hydrogen) atoms. The lowest BCUT2D eigenvalue weighted by molar-refractivity contribution is -0.168. The summed E-state index contributed by atoms with van der Waals surface area (Å²) in [6.07, 6.45) is 3.56. The summed E-state index contributed by atoms with van der Waals surface area (Å²) in [6, 6.07) is 3.08. The van der Waals surface area contributed by atoms with Crippen molar-refractivity contribution in [2.45, 2.75) is 84.8 Å². The van der Waals surface area contributed by atoms with Crippen molar-refractivity contribution in [3.05, 3.63) is 79.1 Å². The van der Waals surface area contributed by atoms with Crippen LogP contribution in [-0.2, 0) is 28.5 Å². The van der Waals surface area contributed by atoms with Crippen LogP contribution in [0.1, 0.15) is 57.5 Å². The van der Waals surface area contributed by atoms with E-state index in [0.29, 0.717) is 9.50 Å². The van der Waals surface area contributed by atoms with Gasteiger partial charge in [0.2, 0.25) is 5.43 Å². The second-order valence-corrected chi connectivity index (χ2v) is 16.4. The molecule has 9 atom stereocenters. The monoisotopic (exact) mass is 880 g/mol. The highest BCUT2D eigenvalue weighted by Gasteiger charge is 2.51. The lowest BCUT2D eigenvalue weighted by Gasteiger charge is -2.33. The third-order valence-electron chi connectivity index (χ3n) is 11.3. The molecule has 6 aliphatic rings. The molecule has 1 amide bonds. The van der Waals surface area contributed by atoms with Gasteiger partial charge in [0, 0.05) is 59.7 Å². The molecule has 0 saturated carbocycles. The topological polar surface area (TPSA) is 193 Å². The van der Waals surface area contributed by atoms with E-state index >= 15 is 0 Å². The molecule has 2 aromatic rings. The van der Waals surface area contributed by atoms with Crippen LogP contribution in [0, 0.1) is 24.7 Å². The number of allylic oxidation sites excluding steroid dienone is 2. The van der Waals surface area contributed by atoms with Crippen LogP contribution in [0.2, 0.25) is 5.02 Å². The SMILES string of the molecule is CO[C@H]1/C=C/O[C@@]2(C)Oc3c(C)c(O)c4c(=O)c(c5oc6cc(Br)c(Cl)cc6nc-5c4c3C2=O)NC(=O)/C(C)=C\C=C\[C@H](C)[C@@H]2O[C@H]([C@H](O)[C@@H]2C)[C@H](OC(C)=O)[C@@H]1C. The molecule has 0 aromatic heterocycles. The molecule has 3 N–H and O–H groups in total. The molecule has 0 radical (unpaired) electrons. The van der Waals surface area contributed by atoms with Crippen molar-refractivity contribution in [2.75, 3.05) is 12.4 Å². The Morgan fingerprint density at radius 1 is 1.07 bits per heavy atom. The third kappa shape index (κ3) is 6.85. The molecule has 2 aromatic carbocycles. The van der Waals surface area contributed by atoms with Crippen LogP contribution in [0.3, 0.4) is 0 Å². The van der Waals surface area contributed by atoms with Gasteiger partial charge in [-0.15, -0.1) is 0 Å². The number of aromatic hydroxyl groups is 1. The number of ketones is 1. The highest BCUT2D eigenvalue weighted by molar-refractivity contribution is 9.10. The quantitative estimate of drug-likeness (QED) is 0.105. The zero-order valence-corrected chi connectivity index (χ0v) is 35.2. The van der Waals surface area contributed by atoms with Gasteiger partial charge in [0.15, 0.2) is 11.3 Å². The molecule has 5 heterocycles. The van der Waals surface area contributed by atoms with E-state index in [1.54, 1.807) is 32.1 Å². The standard InChI is InChI=1S/C42H42BrClN2O12/c1-16-10-9-11-17(2)41(52)46-31-34(50)28-27(30-38(31)56-26-14-22(43)23(44)15-24(26)45-30)29-36(19(4)32(28)48)58-42(7,40(29)51)54-13-12-25(53-8)18(3)37(55-21(6)47)39-33(49)20(5)35(16)57-39/h9-16,18,20,25,33,35,37,39,48-49H,1-8H3,(H,46,52)/b10-9+,13-12+,17-11-/t16-,18+,20-,25-,33+,35-,37+,39+,42-/m0/s1. The van der Waals surface area contributed by atoms with Crippen LogP contribution < -0.4 is 15.5 Å². The van der Waals surface area contributed by atoms with Gasteiger partial charge in [-0.2, -0.15) is 0 Å². The van der Waals surface area contributed by atoms with Crippen LogP contribution in [-0.4, -0.2) is 76.3 Å². The van der Waals surface area contributed by atoms with Crippen molar-refractivity contribution in [1.82, 2.24) is 4.98 Å². The zero-order valence-electron chi connectivity index (χ0n) is 32.8. The van der Waals surface area contributed by atoms with Gasteiger partial charge in [-0.05, 0) is 48.0 Å². The number of hydrogen-bond donors (Lipinski definition) is 3. The average Bonchev–Trinajstić information content (AvgIpc) is 3.62. The maximum atomic E-state index is 14.6. The van der Waals surface area contributed by atoms with Crippen LogP contribution in [0.25, 0.3) is 33.3 Å². The first kappa shape index (κ1) is 41.4. The van der Waals surface area contributed by atoms with Gasteiger partial charge in [0.05, 0.1) is 40.5 Å². The zero-order chi connectivity index (χ0) is 42.1. The second kappa shape index (κ2) is 15.4. The molecule has 8 rings (SSSR count). The first-order valence-electron chi connectivity index (χ1n) is 18.6. The summed E-state index contributed by atoms with van der Waals surface area (Å²) >= 11 is 9.81. The molecule has 7 bridgehead atoms. The Labute approximate surface area is 346 Å². The number of phenolic OH excluding ortho intramolecular Hbond substituents is 1. The number of rotatable bonds is 2. The van der Waals surface area contributed by atoms with Gasteiger partial charge in [-0.25, -0.2) is 4.98 Å². The summed E-state index contributed by atoms with van der Waals surface area (Å²) in [5, 5.41) is 25.7. The number of methoxy groups -OCH3 is 1. The lowest BCUT2D eigenvalue weighted by atomic mass is 9.86. The normalized spacial score (nSPS) is 31.0. The fourth-order valence-electron chi connectivity index (χ4n) is 7.98. The van der Waals surface area contributed by atoms with Gasteiger partial charge >= 0.3 is 11.8 Å². The van der Waals surface area contributed by atoms with E-state index in [1.807, 2.05) is 19.9 Å². The van der Waals surface area contributed by atoms with E-state index in [2.05, 4.69) is 21.2 Å². The van der Waals surface area contributed by atoms with Gasteiger partial charge in [0.25, 0.3) is 11.7 Å². The summed E-state index contributed by atoms with van der Waals surface area (Å²) < 4.78 is 37.0. The Bertz CT molecular complexity index is 2510. The Kier molecular flexibility index (Phi) is 11.0. The number of esters is 1. The van der Waals surface area contributed by atoms with Crippen molar-refractivity contribution >= 4 is 72.8 Å². The van der Waals surface area contributed by atoms with E-state index in [4.69, 9.17) is 44.7 Å². The minimum atomic E-state index is -2.03. The number of carbonyl (C=O) groups is 3. The molecule has 5 aliphatic heterocycles. The van der Waals surface area contributed by atoms with E-state index < -0.39 is 71.1 Å². The molecule has 1 aliphatic carbocycles. The number of aliphatic hydroxyl groups excluding tert-OH is 1. The maximum Gasteiger partial charge on any atom is 0.312 e. The molecule has 306 valence electrons. The number of nitrogens with one attached hydrogen (secondary N) is 1. The number of carbonyl (C=O) groups excluding carboxylic acids is 3. The minimum Gasteiger partial charge on any atom is -0.507 e. The number of hydrogen-bond acceptors (Lipinski definition) is 13. The fourth-order valence-corrected chi connectivity index (χ4v) is 8.46. The fraction of sp³-hybridized carbons (Fsp3) is 0.405. The van der Waals surface area contributed by atoms with Crippen molar-refractivity contribution in [3.63, 3.8) is 0 Å². The van der Waals surface area contributed by atoms with Crippen molar-refractivity contribution < 1.29 is 52.7 Å². The van der Waals surface area contributed by atoms with Crippen LogP contribution in [0.15, 0.2) is 62.0 Å². The van der Waals surface area contributed by atoms with E-state index in [0.717, 1.165) is 0 Å². The van der Waals surface area contributed by atoms with Crippen LogP contribution in [0.4, 0.5) is 5.69 Å². The Hall–Kier alpha value is -4.80. The van der Waals surface area contributed by atoms with Crippen LogP contribution in [0.5, 0.6) is 11.5 Å². The number of fused-ring (bicyclic) bond motifs is 9. The Morgan fingerprint density at radius 3 is 2.48 bits per heavy atom. The Balaban J connectivity index is 1.45. The number of aromatic nitrogens is 1. The van der Waals surface area contributed by atoms with E-state index in [1.165, 1.54) is 46.3 Å². The summed E-state index contributed by atoms with van der Waals surface area (Å²) in [6.45, 7) is 11.2. The predicted octanol–water partition coefficient (Wildman–Crippen LogP) is 7.14. The van der Waals surface area contributed by atoms with Crippen LogP contribution >= 0.6 is 27.5 Å². The highest BCUT2D eigenvalue weighted by atomic mass is 79.9. The van der Waals surface area contributed by atoms with Crippen molar-refractivity contribution in [3.8, 4) is 23.0 Å². The first-order valence-corrected chi connectivity index (χ1v) is 19.8. The number of halogens is 2. The summed E-state index contributed by atoms with van der Waals surface area (Å²) in [7, 11) is 1.45. The van der Waals surface area contributed by atoms with Gasteiger partial charge in [-0.1, -0.05) is 50.6 Å². The molecule has 16 heteroatoms. The summed E-state index contributed by atoms with van der Waals surface area (Å²) in [5.74, 6) is -6.01. The van der Waals surface area contributed by atoms with E-state index in [9.17, 15) is 29.4 Å². The van der Waals surface area contributed by atoms with Crippen molar-refractivity contribution in [2.24, 2.45) is 17.8 Å². The minimum absolute atomic E-state index is 0.0380. The largest absolute Gasteiger partial charge is 0.507 e. The number of nitrogens with zero attached hydrogens (tertiary/aromatic N) is 1. The van der Waals surface area contributed by atoms with E-state index in [-0.39, 0.29) is 73.3 Å². The number of benzene rings is 3. The summed E-state index contributed by atoms with van der Waals surface area (Å²) in [4.78, 5) is 60.1. The molecular formula is C42H42BrClN2O12. The second-order valence-electron chi connectivity index (χ2n) is 15.2. The molecule has 14 nitrogen and oxygen atoms in total. The first-order chi connectivity index (χ1) is 27.4. The Morgan fingerprint density at radius 2 is 1.79 bits per heavy atom. The predicted molar refractivity (Wildman–Crippen MR) is 217 cm³/mol. The van der Waals surface area contributed by atoms with Gasteiger partial charge in [-0.3, -0.25) is 19.2 Å². The average molecular weight is 882 g/mol. The van der Waals surface area contributed by atoms with Crippen molar-refractivity contribution in [1.29, 1.82) is 0 Å². The molecule has 0 spiro atoms. The maximum absolute atomic E-state index is 14.6. The van der Waals surface area contributed by atoms with Gasteiger partial charge in [0.1, 0.15) is 40.6 Å². The number of phenols is 1. The molecular weight excluding hydrogens is 840 g/mol. The molecule has 0 unspecified atom stereocenters. The smallest absolute Gasteiger partial charge is 0.312 e. The molecule has 1 fully saturated rings. The number of amides is 1. The third-order valence-corrected chi connectivity index (χ3v) is 12.5. The summed E-state index contributed by atoms with van der Waals surface area (Å²) in [5.41, 5.74) is -0.605.